The molecule has 0 N–H and O–H groups in total. The first-order valence-electron chi connectivity index (χ1n) is 5.41. The van der Waals surface area contributed by atoms with Crippen molar-refractivity contribution in [3.8, 4) is 0 Å². The van der Waals surface area contributed by atoms with Crippen molar-refractivity contribution in [2.24, 2.45) is 0 Å². The van der Waals surface area contributed by atoms with Crippen LogP contribution in [0.15, 0.2) is 0 Å². The lowest BCUT2D eigenvalue weighted by molar-refractivity contribution is 0.102. The molecular weight excluding hydrogens is 190 g/mol. The van der Waals surface area contributed by atoms with Gasteiger partial charge in [0.1, 0.15) is 0 Å². The summed E-state index contributed by atoms with van der Waals surface area (Å²) in [5, 5.41) is 0. The Hall–Kier alpha value is 0.137. The van der Waals surface area contributed by atoms with E-state index >= 15 is 0 Å². The van der Waals surface area contributed by atoms with Gasteiger partial charge in [0.05, 0.1) is 14.7 Å². The van der Waals surface area contributed by atoms with E-state index in [1.54, 1.807) is 7.11 Å². The third kappa shape index (κ3) is 6.57. The molecule has 0 saturated heterocycles. The smallest absolute Gasteiger partial charge is 0.0599 e. The molecule has 0 heterocycles. The predicted molar refractivity (Wildman–Crippen MR) is 66.5 cm³/mol. The van der Waals surface area contributed by atoms with Crippen molar-refractivity contribution < 1.29 is 4.74 Å². The van der Waals surface area contributed by atoms with Crippen LogP contribution >= 0.6 is 0 Å². The molecule has 0 rings (SSSR count). The van der Waals surface area contributed by atoms with E-state index in [4.69, 9.17) is 4.74 Å². The maximum Gasteiger partial charge on any atom is 0.0599 e. The fourth-order valence-electron chi connectivity index (χ4n) is 1.43. The van der Waals surface area contributed by atoms with Gasteiger partial charge in [0.2, 0.25) is 0 Å². The lowest BCUT2D eigenvalue weighted by Gasteiger charge is -2.39. The molecule has 0 unspecified atom stereocenters. The van der Waals surface area contributed by atoms with Crippen molar-refractivity contribution in [2.45, 2.75) is 46.0 Å². The Kier molecular flexibility index (Phi) is 5.34. The Balaban J connectivity index is 4.26. The Bertz CT molecular complexity index is 158. The first-order valence-corrected chi connectivity index (χ1v) is 9.11. The first kappa shape index (κ1) is 14.1. The number of hydrogen-bond acceptors (Lipinski definition) is 2. The van der Waals surface area contributed by atoms with Gasteiger partial charge in [0.15, 0.2) is 0 Å². The van der Waals surface area contributed by atoms with Crippen molar-refractivity contribution in [2.75, 3.05) is 26.4 Å². The summed E-state index contributed by atoms with van der Waals surface area (Å²) < 4.78 is 5.16. The molecule has 2 nitrogen and oxygen atoms in total. The molecule has 0 aliphatic heterocycles. The second-order valence-corrected chi connectivity index (χ2v) is 11.6. The largest absolute Gasteiger partial charge is 0.383 e. The van der Waals surface area contributed by atoms with Gasteiger partial charge in [-0.15, -0.1) is 0 Å². The van der Waals surface area contributed by atoms with E-state index in [-0.39, 0.29) is 5.54 Å². The van der Waals surface area contributed by atoms with E-state index in [1.165, 1.54) is 6.17 Å². The molecule has 0 bridgehead atoms. The fraction of sp³-hybridized carbons (Fsp3) is 1.00. The van der Waals surface area contributed by atoms with Gasteiger partial charge in [-0.05, 0) is 26.9 Å². The summed E-state index contributed by atoms with van der Waals surface area (Å²) in [5.41, 5.74) is 0.263. The summed E-state index contributed by atoms with van der Waals surface area (Å²) in [4.78, 5) is 2.54. The second kappa shape index (κ2) is 5.28. The van der Waals surface area contributed by atoms with Crippen molar-refractivity contribution >= 4 is 8.07 Å². The summed E-state index contributed by atoms with van der Waals surface area (Å²) in [6, 6.07) is 0. The predicted octanol–water partition coefficient (Wildman–Crippen LogP) is 2.61. The highest BCUT2D eigenvalue weighted by atomic mass is 28.3. The minimum Gasteiger partial charge on any atom is -0.383 e. The topological polar surface area (TPSA) is 12.5 Å². The Morgan fingerprint density at radius 2 is 1.64 bits per heavy atom. The molecule has 86 valence electrons. The fourth-order valence-corrected chi connectivity index (χ4v) is 3.20. The standard InChI is InChI=1S/C11H27NOSi/c1-11(2,3)12(8-9-13-4)10-14(5,6)7/h8-10H2,1-7H3. The van der Waals surface area contributed by atoms with Crippen LogP contribution in [0.2, 0.25) is 19.6 Å². The van der Waals surface area contributed by atoms with Gasteiger partial charge < -0.3 is 4.74 Å². The molecular formula is C11H27NOSi. The van der Waals surface area contributed by atoms with Crippen LogP contribution in [0.25, 0.3) is 0 Å². The molecule has 0 aromatic heterocycles. The molecule has 0 aromatic rings. The number of ether oxygens (including phenoxy) is 1. The second-order valence-electron chi connectivity index (χ2n) is 6.15. The third-order valence-corrected chi connectivity index (χ3v) is 3.51. The van der Waals surface area contributed by atoms with E-state index in [0.29, 0.717) is 0 Å². The van der Waals surface area contributed by atoms with Gasteiger partial charge in [-0.25, -0.2) is 0 Å². The van der Waals surface area contributed by atoms with E-state index < -0.39 is 8.07 Å². The van der Waals surface area contributed by atoms with Crippen molar-refractivity contribution in [1.82, 2.24) is 4.90 Å². The molecule has 0 radical (unpaired) electrons. The monoisotopic (exact) mass is 217 g/mol. The normalized spacial score (nSPS) is 13.7. The van der Waals surface area contributed by atoms with Gasteiger partial charge in [-0.1, -0.05) is 19.6 Å². The van der Waals surface area contributed by atoms with Gasteiger partial charge in [0.25, 0.3) is 0 Å². The number of rotatable bonds is 5. The summed E-state index contributed by atoms with van der Waals surface area (Å²) in [6.45, 7) is 16.0. The van der Waals surface area contributed by atoms with Crippen molar-refractivity contribution in [1.29, 1.82) is 0 Å². The van der Waals surface area contributed by atoms with Crippen LogP contribution in [-0.2, 0) is 4.74 Å². The lowest BCUT2D eigenvalue weighted by atomic mass is 10.1. The molecule has 0 aliphatic carbocycles. The Morgan fingerprint density at radius 1 is 1.14 bits per heavy atom. The highest BCUT2D eigenvalue weighted by molar-refractivity contribution is 6.76. The number of methoxy groups -OCH3 is 1. The molecule has 0 atom stereocenters. The molecule has 0 aliphatic rings. The van der Waals surface area contributed by atoms with E-state index in [2.05, 4.69) is 45.3 Å². The quantitative estimate of drug-likeness (QED) is 0.656. The summed E-state index contributed by atoms with van der Waals surface area (Å²) in [6.07, 6.45) is 1.25. The zero-order chi connectivity index (χ0) is 11.4. The summed E-state index contributed by atoms with van der Waals surface area (Å²) >= 11 is 0. The highest BCUT2D eigenvalue weighted by Gasteiger charge is 2.26. The zero-order valence-electron chi connectivity index (χ0n) is 11.0. The minimum atomic E-state index is -1.01. The summed E-state index contributed by atoms with van der Waals surface area (Å²) in [7, 11) is 0.763. The Labute approximate surface area is 90.6 Å². The van der Waals surface area contributed by atoms with E-state index in [0.717, 1.165) is 13.2 Å². The maximum atomic E-state index is 5.16. The molecule has 0 saturated carbocycles. The van der Waals surface area contributed by atoms with Crippen LogP contribution in [0.1, 0.15) is 20.8 Å². The van der Waals surface area contributed by atoms with Gasteiger partial charge >= 0.3 is 0 Å². The highest BCUT2D eigenvalue weighted by Crippen LogP contribution is 2.16. The van der Waals surface area contributed by atoms with Crippen LogP contribution in [-0.4, -0.2) is 44.9 Å². The van der Waals surface area contributed by atoms with Gasteiger partial charge in [-0.2, -0.15) is 0 Å². The minimum absolute atomic E-state index is 0.263. The Morgan fingerprint density at radius 3 is 1.93 bits per heavy atom. The van der Waals surface area contributed by atoms with E-state index in [1.807, 2.05) is 0 Å². The van der Waals surface area contributed by atoms with Crippen LogP contribution in [0.4, 0.5) is 0 Å². The summed E-state index contributed by atoms with van der Waals surface area (Å²) in [5.74, 6) is 0. The van der Waals surface area contributed by atoms with Crippen molar-refractivity contribution in [3.63, 3.8) is 0 Å². The molecule has 0 amide bonds. The molecule has 0 fully saturated rings. The molecule has 14 heavy (non-hydrogen) atoms. The van der Waals surface area contributed by atoms with Crippen molar-refractivity contribution in [3.05, 3.63) is 0 Å². The lowest BCUT2D eigenvalue weighted by Crippen LogP contribution is -2.50. The third-order valence-electron chi connectivity index (χ3n) is 2.18. The van der Waals surface area contributed by atoms with Gasteiger partial charge in [-0.3, -0.25) is 4.90 Å². The maximum absolute atomic E-state index is 5.16. The van der Waals surface area contributed by atoms with Crippen LogP contribution in [0, 0.1) is 0 Å². The number of hydrogen-bond donors (Lipinski definition) is 0. The average molecular weight is 217 g/mol. The molecule has 0 aromatic carbocycles. The number of nitrogens with zero attached hydrogens (tertiary/aromatic N) is 1. The van der Waals surface area contributed by atoms with Crippen LogP contribution in [0.3, 0.4) is 0 Å². The molecule has 3 heteroatoms. The zero-order valence-corrected chi connectivity index (χ0v) is 12.0. The average Bonchev–Trinajstić information content (AvgIpc) is 1.93. The molecule has 0 spiro atoms. The van der Waals surface area contributed by atoms with Crippen LogP contribution < -0.4 is 0 Å². The van der Waals surface area contributed by atoms with Crippen LogP contribution in [0.5, 0.6) is 0 Å². The van der Waals surface area contributed by atoms with Gasteiger partial charge in [0, 0.05) is 19.2 Å². The SMILES string of the molecule is COCCN(C[Si](C)(C)C)C(C)(C)C. The first-order chi connectivity index (χ1) is 6.17. The van der Waals surface area contributed by atoms with E-state index in [9.17, 15) is 0 Å².